The van der Waals surface area contributed by atoms with Crippen LogP contribution in [0.3, 0.4) is 0 Å². The van der Waals surface area contributed by atoms with Gasteiger partial charge in [0.25, 0.3) is 0 Å². The summed E-state index contributed by atoms with van der Waals surface area (Å²) in [4.78, 5) is 21.6. The molecule has 0 bridgehead atoms. The summed E-state index contributed by atoms with van der Waals surface area (Å²) in [6.07, 6.45) is 0. The Morgan fingerprint density at radius 3 is 1.11 bits per heavy atom. The largest absolute Gasteiger partial charge is 0.466 e. The summed E-state index contributed by atoms with van der Waals surface area (Å²) in [5, 5.41) is 0. The minimum atomic E-state index is -4.64. The Morgan fingerprint density at radius 1 is 1.11 bits per heavy atom. The molecule has 0 amide bonds. The third kappa shape index (κ3) is 158. The number of rotatable bonds is 0. The fourth-order valence-electron chi connectivity index (χ4n) is 0. The average Bonchev–Trinajstić information content (AvgIpc) is 0.722. The zero-order valence-electron chi connectivity index (χ0n) is 4.41. The van der Waals surface area contributed by atoms with Crippen molar-refractivity contribution in [1.29, 1.82) is 0 Å². The van der Waals surface area contributed by atoms with Gasteiger partial charge in [-0.15, -0.1) is 0 Å². The molecule has 0 aliphatic carbocycles. The van der Waals surface area contributed by atoms with Crippen molar-refractivity contribution in [2.75, 3.05) is 0 Å². The van der Waals surface area contributed by atoms with Crippen LogP contribution >= 0.6 is 7.82 Å². The Bertz CT molecular complexity index is 66.7. The maximum Gasteiger partial charge on any atom is 0.466 e. The van der Waals surface area contributed by atoms with E-state index >= 15 is 0 Å². The van der Waals surface area contributed by atoms with E-state index in [9.17, 15) is 0 Å². The van der Waals surface area contributed by atoms with Crippen LogP contribution < -0.4 is 6.15 Å². The fourth-order valence-corrected chi connectivity index (χ4v) is 0. The van der Waals surface area contributed by atoms with Crippen molar-refractivity contribution in [2.45, 2.75) is 0 Å². The summed E-state index contributed by atoms with van der Waals surface area (Å²) in [6, 6.07) is 0. The smallest absolute Gasteiger partial charge is 0.344 e. The van der Waals surface area contributed by atoms with Crippen LogP contribution in [0, 0.1) is 41.3 Å². The van der Waals surface area contributed by atoms with Gasteiger partial charge >= 0.3 is 7.82 Å². The van der Waals surface area contributed by atoms with Gasteiger partial charge in [0.15, 0.2) is 0 Å². The summed E-state index contributed by atoms with van der Waals surface area (Å²) in [7, 11) is -4.64. The molecule has 54 valence electrons. The predicted octanol–water partition coefficient (Wildman–Crippen LogP) is -1.15. The van der Waals surface area contributed by atoms with Crippen molar-refractivity contribution < 1.29 is 77.6 Å². The molecule has 0 aliphatic heterocycles. The van der Waals surface area contributed by atoms with Gasteiger partial charge in [0, 0.05) is 66.8 Å². The van der Waals surface area contributed by atoms with E-state index in [1.165, 1.54) is 0 Å². The van der Waals surface area contributed by atoms with Crippen molar-refractivity contribution in [3.8, 4) is 0 Å². The first-order valence-corrected chi connectivity index (χ1v) is 2.35. The second-order valence-corrected chi connectivity index (χ2v) is 1.54. The molecule has 0 rings (SSSR count). The van der Waals surface area contributed by atoms with Crippen LogP contribution in [-0.2, 0) is 21.6 Å². The maximum atomic E-state index is 8.88. The molecule has 6 N–H and O–H groups in total. The minimum absolute atomic E-state index is 0. The van der Waals surface area contributed by atoms with Crippen LogP contribution in [0.2, 0.25) is 0 Å². The Kier molecular flexibility index (Phi) is 43.0. The first-order valence-electron chi connectivity index (χ1n) is 0.783. The molecule has 0 aliphatic rings. The van der Waals surface area contributed by atoms with E-state index in [1.54, 1.807) is 0 Å². The molecule has 0 aromatic carbocycles. The zero-order valence-corrected chi connectivity index (χ0v) is 10.1. The second kappa shape index (κ2) is 12.7. The summed E-state index contributed by atoms with van der Waals surface area (Å²) in [5.74, 6) is 0. The Morgan fingerprint density at radius 2 is 1.11 bits per heavy atom. The van der Waals surface area contributed by atoms with Gasteiger partial charge in [0.05, 0.1) is 0 Å². The monoisotopic (exact) mass is 323 g/mol. The Labute approximate surface area is 98.8 Å². The van der Waals surface area contributed by atoms with Crippen molar-refractivity contribution in [3.63, 3.8) is 0 Å². The van der Waals surface area contributed by atoms with Gasteiger partial charge in [-0.3, -0.25) is 0 Å². The van der Waals surface area contributed by atoms with Crippen LogP contribution in [0.4, 0.5) is 0 Å². The minimum Gasteiger partial charge on any atom is -0.344 e. The average molecular weight is 323 g/mol. The summed E-state index contributed by atoms with van der Waals surface area (Å²) in [5.41, 5.74) is 0. The number of phosphoric acid groups is 1. The van der Waals surface area contributed by atoms with Gasteiger partial charge in [-0.1, -0.05) is 0 Å². The third-order valence-electron chi connectivity index (χ3n) is 0. The van der Waals surface area contributed by atoms with E-state index in [1.807, 2.05) is 0 Å². The second-order valence-electron chi connectivity index (χ2n) is 0.513. The molecule has 0 aromatic rings. The van der Waals surface area contributed by atoms with E-state index in [-0.39, 0.29) is 72.9 Å². The van der Waals surface area contributed by atoms with Crippen molar-refractivity contribution in [3.05, 3.63) is 0 Å². The van der Waals surface area contributed by atoms with Crippen molar-refractivity contribution >= 4 is 16.2 Å². The summed E-state index contributed by atoms with van der Waals surface area (Å²) in [6.45, 7) is 0. The quantitative estimate of drug-likeness (QED) is 0.332. The van der Waals surface area contributed by atoms with Gasteiger partial charge in [-0.2, -0.15) is 0 Å². The number of hydrogen-bond donors (Lipinski definition) is 4. The van der Waals surface area contributed by atoms with E-state index in [4.69, 9.17) is 19.2 Å². The van der Waals surface area contributed by atoms with E-state index in [2.05, 4.69) is 0 Å². The van der Waals surface area contributed by atoms with Crippen molar-refractivity contribution in [2.24, 2.45) is 0 Å². The third-order valence-corrected chi connectivity index (χ3v) is 0. The Hall–Kier alpha value is 2.02. The van der Waals surface area contributed by atoms with Crippen LogP contribution in [0.5, 0.6) is 0 Å². The zero-order chi connectivity index (χ0) is 4.50. The molecule has 0 saturated heterocycles. The molecule has 9 heavy (non-hydrogen) atoms. The molecule has 5 nitrogen and oxygen atoms in total. The molecule has 0 atom stereocenters. The van der Waals surface area contributed by atoms with Gasteiger partial charge in [-0.25, -0.2) is 4.57 Å². The van der Waals surface area contributed by atoms with E-state index in [0.717, 1.165) is 0 Å². The molecular formula is H6BFeNO4PPr. The standard InChI is InChI=1S/B.Fe.H3N.H3O4P.Pr/c;;;1-5(2,3)4;/h;;1H3;(H3,1,2,3,4);. The fraction of sp³-hybridized carbons (Fsp3) is 0. The molecule has 0 aromatic heterocycles. The SMILES string of the molecule is N.O=P(O)(O)O.[B].[Fe].[Pr]. The van der Waals surface area contributed by atoms with Gasteiger partial charge < -0.3 is 20.8 Å². The molecule has 4 radical (unpaired) electrons. The van der Waals surface area contributed by atoms with E-state index < -0.39 is 7.82 Å². The maximum absolute atomic E-state index is 8.88. The molecule has 9 heteroatoms. The van der Waals surface area contributed by atoms with Gasteiger partial charge in [-0.05, 0) is 0 Å². The molecule has 0 spiro atoms. The molecule has 0 fully saturated rings. The van der Waals surface area contributed by atoms with Crippen LogP contribution in [0.25, 0.3) is 0 Å². The molecule has 0 unspecified atom stereocenters. The normalized spacial score (nSPS) is 6.56. The number of hydrogen-bond acceptors (Lipinski definition) is 2. The van der Waals surface area contributed by atoms with Gasteiger partial charge in [0.1, 0.15) is 0 Å². The van der Waals surface area contributed by atoms with Crippen LogP contribution in [0.15, 0.2) is 0 Å². The summed E-state index contributed by atoms with van der Waals surface area (Å²) >= 11 is 0. The Balaban J connectivity index is -0.0000000133. The summed E-state index contributed by atoms with van der Waals surface area (Å²) < 4.78 is 8.88. The molecule has 0 saturated carbocycles. The molecular weight excluding hydrogens is 317 g/mol. The van der Waals surface area contributed by atoms with Crippen LogP contribution in [0.1, 0.15) is 0 Å². The van der Waals surface area contributed by atoms with Crippen molar-refractivity contribution in [1.82, 2.24) is 6.15 Å². The topological polar surface area (TPSA) is 113 Å². The molecule has 0 heterocycles. The van der Waals surface area contributed by atoms with Gasteiger partial charge in [0.2, 0.25) is 0 Å². The van der Waals surface area contributed by atoms with Crippen LogP contribution in [-0.4, -0.2) is 23.1 Å². The van der Waals surface area contributed by atoms with E-state index in [0.29, 0.717) is 0 Å². The first-order chi connectivity index (χ1) is 2.00. The first kappa shape index (κ1) is 30.5. The predicted molar refractivity (Wildman–Crippen MR) is 25.0 cm³/mol.